The Bertz CT molecular complexity index is 801. The number of pyridine rings is 1. The van der Waals surface area contributed by atoms with Gasteiger partial charge in [0, 0.05) is 35.4 Å². The van der Waals surface area contributed by atoms with Gasteiger partial charge in [0.2, 0.25) is 0 Å². The molecular weight excluding hydrogens is 312 g/mol. The van der Waals surface area contributed by atoms with Gasteiger partial charge in [-0.3, -0.25) is 14.9 Å². The van der Waals surface area contributed by atoms with E-state index < -0.39 is 0 Å². The third-order valence-electron chi connectivity index (χ3n) is 3.34. The van der Waals surface area contributed by atoms with E-state index in [1.807, 2.05) is 30.3 Å². The quantitative estimate of drug-likeness (QED) is 0.757. The zero-order valence-electron chi connectivity index (χ0n) is 12.3. The van der Waals surface area contributed by atoms with Crippen LogP contribution in [0, 0.1) is 0 Å². The standard InChI is InChI=1S/C17H15ClN4O/c18-13-5-3-4-12(10-13)15-11-16(22-21-15)17(23)20-9-7-14-6-1-2-8-19-14/h1-6,8,10-11H,7,9H2,(H,20,23)(H,21,22). The molecule has 0 aliphatic rings. The lowest BCUT2D eigenvalue weighted by Crippen LogP contribution is -2.26. The average molecular weight is 327 g/mol. The Hall–Kier alpha value is -2.66. The molecule has 5 nitrogen and oxygen atoms in total. The highest BCUT2D eigenvalue weighted by atomic mass is 35.5. The van der Waals surface area contributed by atoms with Crippen LogP contribution >= 0.6 is 11.6 Å². The van der Waals surface area contributed by atoms with Gasteiger partial charge in [0.15, 0.2) is 0 Å². The van der Waals surface area contributed by atoms with E-state index >= 15 is 0 Å². The fourth-order valence-electron chi connectivity index (χ4n) is 2.18. The van der Waals surface area contributed by atoms with Crippen molar-refractivity contribution in [1.82, 2.24) is 20.5 Å². The molecule has 116 valence electrons. The van der Waals surface area contributed by atoms with Crippen LogP contribution < -0.4 is 5.32 Å². The first-order valence-corrected chi connectivity index (χ1v) is 7.59. The highest BCUT2D eigenvalue weighted by molar-refractivity contribution is 6.30. The first-order valence-electron chi connectivity index (χ1n) is 7.22. The van der Waals surface area contributed by atoms with Gasteiger partial charge in [0.05, 0.1) is 5.69 Å². The summed E-state index contributed by atoms with van der Waals surface area (Å²) in [5, 5.41) is 10.4. The number of hydrogen-bond acceptors (Lipinski definition) is 3. The van der Waals surface area contributed by atoms with Gasteiger partial charge in [0.1, 0.15) is 5.69 Å². The number of halogens is 1. The van der Waals surface area contributed by atoms with Crippen molar-refractivity contribution in [3.63, 3.8) is 0 Å². The zero-order valence-corrected chi connectivity index (χ0v) is 13.0. The lowest BCUT2D eigenvalue weighted by atomic mass is 10.1. The molecule has 6 heteroatoms. The summed E-state index contributed by atoms with van der Waals surface area (Å²) < 4.78 is 0. The lowest BCUT2D eigenvalue weighted by Gasteiger charge is -2.02. The van der Waals surface area contributed by atoms with Gasteiger partial charge in [-0.1, -0.05) is 29.8 Å². The predicted octanol–water partition coefficient (Wildman–Crippen LogP) is 3.10. The predicted molar refractivity (Wildman–Crippen MR) is 89.3 cm³/mol. The molecule has 0 radical (unpaired) electrons. The highest BCUT2D eigenvalue weighted by Crippen LogP contribution is 2.21. The number of nitrogens with one attached hydrogen (secondary N) is 2. The topological polar surface area (TPSA) is 70.7 Å². The number of rotatable bonds is 5. The molecular formula is C17H15ClN4O. The summed E-state index contributed by atoms with van der Waals surface area (Å²) in [5.41, 5.74) is 2.90. The Kier molecular flexibility index (Phi) is 4.68. The Labute approximate surface area is 138 Å². The third-order valence-corrected chi connectivity index (χ3v) is 3.57. The number of carbonyl (C=O) groups excluding carboxylic acids is 1. The van der Waals surface area contributed by atoms with Gasteiger partial charge in [-0.25, -0.2) is 0 Å². The maximum Gasteiger partial charge on any atom is 0.269 e. The Balaban J connectivity index is 1.60. The molecule has 2 N–H and O–H groups in total. The minimum Gasteiger partial charge on any atom is -0.350 e. The van der Waals surface area contributed by atoms with Crippen LogP contribution in [0.3, 0.4) is 0 Å². The van der Waals surface area contributed by atoms with Crippen LogP contribution in [-0.2, 0) is 6.42 Å². The van der Waals surface area contributed by atoms with Crippen LogP contribution in [0.2, 0.25) is 5.02 Å². The maximum atomic E-state index is 12.1. The van der Waals surface area contributed by atoms with Crippen molar-refractivity contribution < 1.29 is 4.79 Å². The van der Waals surface area contributed by atoms with Gasteiger partial charge >= 0.3 is 0 Å². The van der Waals surface area contributed by atoms with E-state index in [4.69, 9.17) is 11.6 Å². The molecule has 0 fully saturated rings. The number of hydrogen-bond donors (Lipinski definition) is 2. The van der Waals surface area contributed by atoms with Crippen molar-refractivity contribution in [2.45, 2.75) is 6.42 Å². The molecule has 1 aromatic carbocycles. The van der Waals surface area contributed by atoms with Gasteiger partial charge in [-0.15, -0.1) is 0 Å². The second kappa shape index (κ2) is 7.07. The number of benzene rings is 1. The van der Waals surface area contributed by atoms with Crippen LogP contribution in [-0.4, -0.2) is 27.6 Å². The number of H-pyrrole nitrogens is 1. The second-order valence-electron chi connectivity index (χ2n) is 5.00. The van der Waals surface area contributed by atoms with Gasteiger partial charge in [-0.2, -0.15) is 5.10 Å². The molecule has 1 amide bonds. The fraction of sp³-hybridized carbons (Fsp3) is 0.118. The Morgan fingerprint density at radius 2 is 2.09 bits per heavy atom. The molecule has 2 aromatic heterocycles. The van der Waals surface area contributed by atoms with E-state index in [2.05, 4.69) is 20.5 Å². The smallest absolute Gasteiger partial charge is 0.269 e. The summed E-state index contributed by atoms with van der Waals surface area (Å²) in [6.07, 6.45) is 2.42. The molecule has 2 heterocycles. The van der Waals surface area contributed by atoms with E-state index in [1.165, 1.54) is 0 Å². The molecule has 0 spiro atoms. The minimum atomic E-state index is -0.193. The van der Waals surface area contributed by atoms with Gasteiger partial charge in [0.25, 0.3) is 5.91 Å². The Morgan fingerprint density at radius 3 is 2.87 bits per heavy atom. The fourth-order valence-corrected chi connectivity index (χ4v) is 2.37. The van der Waals surface area contributed by atoms with Crippen LogP contribution in [0.5, 0.6) is 0 Å². The summed E-state index contributed by atoms with van der Waals surface area (Å²) in [7, 11) is 0. The molecule has 0 saturated carbocycles. The molecule has 23 heavy (non-hydrogen) atoms. The SMILES string of the molecule is O=C(NCCc1ccccn1)c1cc(-c2cccc(Cl)c2)n[nH]1. The molecule has 0 aliphatic heterocycles. The summed E-state index contributed by atoms with van der Waals surface area (Å²) in [4.78, 5) is 16.3. The molecule has 3 aromatic rings. The molecule has 0 aliphatic carbocycles. The van der Waals surface area contributed by atoms with Crippen LogP contribution in [0.4, 0.5) is 0 Å². The van der Waals surface area contributed by atoms with Crippen molar-refractivity contribution >= 4 is 17.5 Å². The average Bonchev–Trinajstić information content (AvgIpc) is 3.06. The van der Waals surface area contributed by atoms with Crippen LogP contribution in [0.1, 0.15) is 16.2 Å². The van der Waals surface area contributed by atoms with Crippen molar-refractivity contribution in [3.05, 3.63) is 71.1 Å². The van der Waals surface area contributed by atoms with Crippen molar-refractivity contribution in [1.29, 1.82) is 0 Å². The molecule has 3 rings (SSSR count). The summed E-state index contributed by atoms with van der Waals surface area (Å²) in [6, 6.07) is 14.8. The molecule has 0 unspecified atom stereocenters. The number of carbonyl (C=O) groups is 1. The monoisotopic (exact) mass is 326 g/mol. The van der Waals surface area contributed by atoms with Crippen LogP contribution in [0.25, 0.3) is 11.3 Å². The first-order chi connectivity index (χ1) is 11.2. The number of nitrogens with zero attached hydrogens (tertiary/aromatic N) is 2. The summed E-state index contributed by atoms with van der Waals surface area (Å²) >= 11 is 5.97. The zero-order chi connectivity index (χ0) is 16.1. The Morgan fingerprint density at radius 1 is 1.17 bits per heavy atom. The summed E-state index contributed by atoms with van der Waals surface area (Å²) in [6.45, 7) is 0.515. The first kappa shape index (κ1) is 15.2. The van der Waals surface area contributed by atoms with Crippen LogP contribution in [0.15, 0.2) is 54.7 Å². The van der Waals surface area contributed by atoms with E-state index in [-0.39, 0.29) is 5.91 Å². The molecule has 0 atom stereocenters. The molecule has 0 saturated heterocycles. The number of aromatic nitrogens is 3. The largest absolute Gasteiger partial charge is 0.350 e. The maximum absolute atomic E-state index is 12.1. The number of aromatic amines is 1. The van der Waals surface area contributed by atoms with E-state index in [1.54, 1.807) is 24.4 Å². The minimum absolute atomic E-state index is 0.193. The van der Waals surface area contributed by atoms with Crippen molar-refractivity contribution in [2.75, 3.05) is 6.54 Å². The molecule has 0 bridgehead atoms. The highest BCUT2D eigenvalue weighted by Gasteiger charge is 2.10. The van der Waals surface area contributed by atoms with E-state index in [0.29, 0.717) is 29.4 Å². The lowest BCUT2D eigenvalue weighted by molar-refractivity contribution is 0.0949. The summed E-state index contributed by atoms with van der Waals surface area (Å²) in [5.74, 6) is -0.193. The van der Waals surface area contributed by atoms with E-state index in [9.17, 15) is 4.79 Å². The van der Waals surface area contributed by atoms with E-state index in [0.717, 1.165) is 11.3 Å². The normalized spacial score (nSPS) is 10.5. The second-order valence-corrected chi connectivity index (χ2v) is 5.44. The van der Waals surface area contributed by atoms with Gasteiger partial charge in [-0.05, 0) is 30.3 Å². The van der Waals surface area contributed by atoms with Gasteiger partial charge < -0.3 is 5.32 Å². The van der Waals surface area contributed by atoms with Crippen molar-refractivity contribution in [2.24, 2.45) is 0 Å². The third kappa shape index (κ3) is 3.96. The number of amides is 1. The van der Waals surface area contributed by atoms with Crippen molar-refractivity contribution in [3.8, 4) is 11.3 Å².